The van der Waals surface area contributed by atoms with E-state index < -0.39 is 5.60 Å². The van der Waals surface area contributed by atoms with E-state index in [9.17, 15) is 9.59 Å². The van der Waals surface area contributed by atoms with Crippen molar-refractivity contribution in [1.29, 1.82) is 0 Å². The van der Waals surface area contributed by atoms with Gasteiger partial charge in [0.05, 0.1) is 23.6 Å². The van der Waals surface area contributed by atoms with Gasteiger partial charge in [-0.1, -0.05) is 40.9 Å². The molecule has 0 saturated carbocycles. The van der Waals surface area contributed by atoms with Gasteiger partial charge in [0.25, 0.3) is 0 Å². The van der Waals surface area contributed by atoms with Gasteiger partial charge in [-0.05, 0) is 37.6 Å². The van der Waals surface area contributed by atoms with E-state index in [4.69, 9.17) is 32.7 Å². The molecular weight excluding hydrogens is 437 g/mol. The predicted octanol–water partition coefficient (Wildman–Crippen LogP) is 5.49. The highest BCUT2D eigenvalue weighted by molar-refractivity contribution is 6.36. The van der Waals surface area contributed by atoms with Gasteiger partial charge < -0.3 is 14.4 Å². The molecule has 31 heavy (non-hydrogen) atoms. The summed E-state index contributed by atoms with van der Waals surface area (Å²) in [5.41, 5.74) is 1.02. The monoisotopic (exact) mass is 461 g/mol. The second-order valence-electron chi connectivity index (χ2n) is 8.30. The first-order chi connectivity index (χ1) is 14.8. The van der Waals surface area contributed by atoms with Crippen LogP contribution in [0.3, 0.4) is 0 Å². The quantitative estimate of drug-likeness (QED) is 0.552. The van der Waals surface area contributed by atoms with Crippen LogP contribution in [0.5, 0.6) is 11.5 Å². The molecule has 1 saturated heterocycles. The van der Waals surface area contributed by atoms with E-state index in [1.807, 2.05) is 36.1 Å². The zero-order chi connectivity index (χ0) is 22.0. The topological polar surface area (TPSA) is 55.8 Å². The van der Waals surface area contributed by atoms with E-state index in [1.165, 1.54) is 5.56 Å². The summed E-state index contributed by atoms with van der Waals surface area (Å²) in [5.74, 6) is 1.32. The van der Waals surface area contributed by atoms with Crippen LogP contribution in [0, 0.1) is 6.92 Å². The van der Waals surface area contributed by atoms with Crippen LogP contribution < -0.4 is 9.47 Å². The molecule has 7 heteroatoms. The number of nitrogens with zero attached hydrogens (tertiary/aromatic N) is 1. The number of piperidine rings is 1. The minimum atomic E-state index is -0.604. The van der Waals surface area contributed by atoms with E-state index in [1.54, 1.807) is 12.1 Å². The summed E-state index contributed by atoms with van der Waals surface area (Å²) >= 11 is 12.3. The number of fused-ring (bicyclic) bond motifs is 1. The molecule has 2 heterocycles. The number of rotatable bonds is 5. The Morgan fingerprint density at radius 3 is 2.58 bits per heavy atom. The maximum absolute atomic E-state index is 12.7. The minimum Gasteiger partial charge on any atom is -0.494 e. The van der Waals surface area contributed by atoms with Crippen molar-refractivity contribution in [2.45, 2.75) is 44.6 Å². The molecule has 0 N–H and O–H groups in total. The fraction of sp³-hybridized carbons (Fsp3) is 0.417. The van der Waals surface area contributed by atoms with Crippen LogP contribution in [-0.2, 0) is 4.79 Å². The smallest absolute Gasteiger partial charge is 0.222 e. The van der Waals surface area contributed by atoms with Gasteiger partial charge in [-0.15, -0.1) is 0 Å². The molecule has 5 nitrogen and oxygen atoms in total. The zero-order valence-corrected chi connectivity index (χ0v) is 19.0. The minimum absolute atomic E-state index is 0.0151. The lowest BCUT2D eigenvalue weighted by molar-refractivity contribution is -0.135. The molecule has 2 aliphatic heterocycles. The number of hydrogen-bond acceptors (Lipinski definition) is 4. The third kappa shape index (κ3) is 4.99. The van der Waals surface area contributed by atoms with Crippen LogP contribution in [-0.4, -0.2) is 41.9 Å². The second-order valence-corrected chi connectivity index (χ2v) is 9.14. The number of carbonyl (C=O) groups excluding carboxylic acids is 2. The first-order valence-corrected chi connectivity index (χ1v) is 11.3. The Balaban J connectivity index is 1.27. The van der Waals surface area contributed by atoms with Gasteiger partial charge in [0.2, 0.25) is 5.91 Å². The molecule has 2 aromatic carbocycles. The summed E-state index contributed by atoms with van der Waals surface area (Å²) in [4.78, 5) is 27.2. The predicted molar refractivity (Wildman–Crippen MR) is 120 cm³/mol. The van der Waals surface area contributed by atoms with E-state index >= 15 is 0 Å². The van der Waals surface area contributed by atoms with Crippen molar-refractivity contribution < 1.29 is 19.1 Å². The second kappa shape index (κ2) is 9.09. The van der Waals surface area contributed by atoms with Gasteiger partial charge in [0.1, 0.15) is 17.1 Å². The molecule has 0 aliphatic carbocycles. The van der Waals surface area contributed by atoms with Gasteiger partial charge in [0, 0.05) is 37.4 Å². The number of amides is 1. The lowest BCUT2D eigenvalue weighted by Gasteiger charge is -2.44. The van der Waals surface area contributed by atoms with E-state index in [-0.39, 0.29) is 18.1 Å². The van der Waals surface area contributed by atoms with E-state index in [0.29, 0.717) is 66.7 Å². The summed E-state index contributed by atoms with van der Waals surface area (Å²) in [5, 5.41) is 0.769. The van der Waals surface area contributed by atoms with Crippen molar-refractivity contribution in [2.75, 3.05) is 19.7 Å². The lowest BCUT2D eigenvalue weighted by atomic mass is 9.82. The van der Waals surface area contributed by atoms with Crippen molar-refractivity contribution in [3.8, 4) is 11.5 Å². The van der Waals surface area contributed by atoms with E-state index in [2.05, 4.69) is 0 Å². The maximum atomic E-state index is 12.7. The molecule has 1 fully saturated rings. The van der Waals surface area contributed by atoms with Crippen molar-refractivity contribution in [1.82, 2.24) is 4.90 Å². The van der Waals surface area contributed by atoms with Crippen molar-refractivity contribution in [2.24, 2.45) is 0 Å². The molecule has 1 spiro atoms. The highest BCUT2D eigenvalue weighted by Gasteiger charge is 2.44. The summed E-state index contributed by atoms with van der Waals surface area (Å²) in [6.07, 6.45) is 2.58. The van der Waals surface area contributed by atoms with Crippen molar-refractivity contribution in [3.63, 3.8) is 0 Å². The molecule has 2 aliphatic rings. The first-order valence-electron chi connectivity index (χ1n) is 10.5. The third-order valence-electron chi connectivity index (χ3n) is 5.96. The van der Waals surface area contributed by atoms with Gasteiger partial charge in [-0.25, -0.2) is 0 Å². The van der Waals surface area contributed by atoms with Crippen LogP contribution in [0.2, 0.25) is 10.0 Å². The Morgan fingerprint density at radius 2 is 1.87 bits per heavy atom. The van der Waals surface area contributed by atoms with E-state index in [0.717, 1.165) is 5.75 Å². The fourth-order valence-corrected chi connectivity index (χ4v) is 4.69. The molecule has 0 aromatic heterocycles. The molecule has 0 unspecified atom stereocenters. The summed E-state index contributed by atoms with van der Waals surface area (Å²) in [6, 6.07) is 11.1. The van der Waals surface area contributed by atoms with Crippen LogP contribution in [0.25, 0.3) is 0 Å². The number of ether oxygens (including phenoxy) is 2. The van der Waals surface area contributed by atoms with Gasteiger partial charge >= 0.3 is 0 Å². The number of ketones is 1. The van der Waals surface area contributed by atoms with Gasteiger partial charge in [-0.2, -0.15) is 0 Å². The van der Waals surface area contributed by atoms with Gasteiger partial charge in [-0.3, -0.25) is 9.59 Å². The normalized spacial score (nSPS) is 17.3. The molecular formula is C24H25Cl2NO4. The average molecular weight is 462 g/mol. The molecule has 0 bridgehead atoms. The Morgan fingerprint density at radius 1 is 1.16 bits per heavy atom. The number of likely N-dealkylation sites (tertiary alicyclic amines) is 1. The number of halogens is 2. The van der Waals surface area contributed by atoms with Crippen LogP contribution in [0.4, 0.5) is 0 Å². The Bertz CT molecular complexity index is 982. The Hall–Kier alpha value is -2.24. The molecule has 0 atom stereocenters. The standard InChI is InChI=1S/C24H25Cl2NO4/c1-16-4-6-18(7-5-16)30-12-2-3-22(29)27-10-8-24(9-11-27)15-21(28)19-13-17(25)14-20(26)23(19)31-24/h4-7,13-14H,2-3,8-12,15H2,1H3. The SMILES string of the molecule is Cc1ccc(OCCCC(=O)N2CCC3(CC2)CC(=O)c2cc(Cl)cc(Cl)c2O3)cc1. The molecule has 2 aromatic rings. The van der Waals surface area contributed by atoms with Crippen LogP contribution in [0.1, 0.15) is 48.0 Å². The molecule has 0 radical (unpaired) electrons. The number of hydrogen-bond donors (Lipinski definition) is 0. The Kier molecular flexibility index (Phi) is 6.44. The number of aryl methyl sites for hydroxylation is 1. The van der Waals surface area contributed by atoms with Crippen LogP contribution in [0.15, 0.2) is 36.4 Å². The number of carbonyl (C=O) groups is 2. The lowest BCUT2D eigenvalue weighted by Crippen LogP contribution is -2.52. The van der Waals surface area contributed by atoms with Crippen molar-refractivity contribution in [3.05, 3.63) is 57.6 Å². The molecule has 4 rings (SSSR count). The largest absolute Gasteiger partial charge is 0.494 e. The molecule has 164 valence electrons. The number of benzene rings is 2. The highest BCUT2D eigenvalue weighted by atomic mass is 35.5. The van der Waals surface area contributed by atoms with Gasteiger partial charge in [0.15, 0.2) is 5.78 Å². The number of Topliss-reactive ketones (excluding diaryl/α,β-unsaturated/α-hetero) is 1. The zero-order valence-electron chi connectivity index (χ0n) is 17.5. The fourth-order valence-electron chi connectivity index (χ4n) is 4.16. The first kappa shape index (κ1) is 22.0. The van der Waals surface area contributed by atoms with Crippen LogP contribution >= 0.6 is 23.2 Å². The summed E-state index contributed by atoms with van der Waals surface area (Å²) in [7, 11) is 0. The molecule has 1 amide bonds. The summed E-state index contributed by atoms with van der Waals surface area (Å²) < 4.78 is 11.9. The third-order valence-corrected chi connectivity index (χ3v) is 6.46. The van der Waals surface area contributed by atoms with Crippen molar-refractivity contribution >= 4 is 34.9 Å². The summed E-state index contributed by atoms with van der Waals surface area (Å²) in [6.45, 7) is 3.65. The maximum Gasteiger partial charge on any atom is 0.222 e. The average Bonchev–Trinajstić information content (AvgIpc) is 2.74. The highest BCUT2D eigenvalue weighted by Crippen LogP contribution is 2.44. The Labute approximate surface area is 192 Å².